The van der Waals surface area contributed by atoms with E-state index in [-0.39, 0.29) is 5.92 Å². The van der Waals surface area contributed by atoms with Gasteiger partial charge in [-0.3, -0.25) is 4.98 Å². The number of pyridine rings is 1. The van der Waals surface area contributed by atoms with Crippen LogP contribution in [0.3, 0.4) is 0 Å². The number of benzene rings is 2. The van der Waals surface area contributed by atoms with Crippen molar-refractivity contribution in [1.29, 1.82) is 0 Å². The first-order valence-electron chi connectivity index (χ1n) is 8.47. The third-order valence-corrected chi connectivity index (χ3v) is 6.71. The Labute approximate surface area is 159 Å². The largest absolute Gasteiger partial charge is 0.265 e. The minimum atomic E-state index is 0.159. The van der Waals surface area contributed by atoms with E-state index in [1.54, 1.807) is 22.7 Å². The summed E-state index contributed by atoms with van der Waals surface area (Å²) in [6.07, 6.45) is 4.58. The summed E-state index contributed by atoms with van der Waals surface area (Å²) in [7, 11) is 0. The number of aromatic nitrogens is 3. The lowest BCUT2D eigenvalue weighted by atomic mass is 10.0. The van der Waals surface area contributed by atoms with Crippen LogP contribution in [0, 0.1) is 0 Å². The molecule has 0 saturated heterocycles. The van der Waals surface area contributed by atoms with Gasteiger partial charge in [-0.05, 0) is 48.4 Å². The van der Waals surface area contributed by atoms with Gasteiger partial charge in [0.05, 0.1) is 26.4 Å². The number of fused-ring (bicyclic) bond motifs is 2. The number of para-hydroxylation sites is 2. The Bertz CT molecular complexity index is 1040. The molecule has 0 aliphatic carbocycles. The molecule has 0 aliphatic heterocycles. The highest BCUT2D eigenvalue weighted by Crippen LogP contribution is 2.37. The fourth-order valence-electron chi connectivity index (χ4n) is 3.11. The van der Waals surface area contributed by atoms with E-state index < -0.39 is 0 Å². The van der Waals surface area contributed by atoms with Crippen molar-refractivity contribution in [3.05, 3.63) is 88.6 Å². The van der Waals surface area contributed by atoms with Crippen LogP contribution in [0.4, 0.5) is 0 Å². The monoisotopic (exact) mass is 373 g/mol. The summed E-state index contributed by atoms with van der Waals surface area (Å²) in [5.74, 6) is 0.159. The molecule has 5 rings (SSSR count). The fourth-order valence-corrected chi connectivity index (χ4v) is 5.33. The van der Waals surface area contributed by atoms with Crippen molar-refractivity contribution < 1.29 is 0 Å². The Balaban J connectivity index is 1.64. The molecule has 126 valence electrons. The molecular weight excluding hydrogens is 358 g/mol. The Morgan fingerprint density at radius 3 is 1.77 bits per heavy atom. The van der Waals surface area contributed by atoms with Crippen LogP contribution >= 0.6 is 22.7 Å². The van der Waals surface area contributed by atoms with Crippen LogP contribution in [0.2, 0.25) is 0 Å². The number of rotatable bonds is 4. The van der Waals surface area contributed by atoms with Crippen molar-refractivity contribution in [2.75, 3.05) is 0 Å². The average molecular weight is 374 g/mol. The molecule has 0 radical (unpaired) electrons. The van der Waals surface area contributed by atoms with Gasteiger partial charge in [0, 0.05) is 12.4 Å². The van der Waals surface area contributed by atoms with Crippen molar-refractivity contribution in [1.82, 2.24) is 15.0 Å². The van der Waals surface area contributed by atoms with Gasteiger partial charge in [0.1, 0.15) is 10.0 Å². The van der Waals surface area contributed by atoms with E-state index in [4.69, 9.17) is 9.97 Å². The third-order valence-electron chi connectivity index (χ3n) is 4.41. The van der Waals surface area contributed by atoms with Crippen LogP contribution in [0.5, 0.6) is 0 Å². The Kier molecular flexibility index (Phi) is 3.96. The van der Waals surface area contributed by atoms with E-state index in [2.05, 4.69) is 53.5 Å². The van der Waals surface area contributed by atoms with Gasteiger partial charge < -0.3 is 0 Å². The molecule has 5 heteroatoms. The second-order valence-electron chi connectivity index (χ2n) is 6.15. The first kappa shape index (κ1) is 15.6. The molecule has 0 fully saturated rings. The predicted molar refractivity (Wildman–Crippen MR) is 109 cm³/mol. The van der Waals surface area contributed by atoms with Gasteiger partial charge in [0.25, 0.3) is 0 Å². The van der Waals surface area contributed by atoms with Crippen LogP contribution < -0.4 is 0 Å². The maximum absolute atomic E-state index is 4.93. The average Bonchev–Trinajstić information content (AvgIpc) is 3.30. The topological polar surface area (TPSA) is 38.7 Å². The highest BCUT2D eigenvalue weighted by atomic mass is 32.1. The van der Waals surface area contributed by atoms with E-state index in [0.29, 0.717) is 0 Å². The molecule has 0 unspecified atom stereocenters. The lowest BCUT2D eigenvalue weighted by Gasteiger charge is -2.11. The summed E-state index contributed by atoms with van der Waals surface area (Å²) in [5, 5.41) is 2.25. The zero-order valence-electron chi connectivity index (χ0n) is 13.9. The lowest BCUT2D eigenvalue weighted by Crippen LogP contribution is -2.04. The van der Waals surface area contributed by atoms with Crippen LogP contribution in [0.25, 0.3) is 20.4 Å². The second-order valence-corrected chi connectivity index (χ2v) is 8.28. The van der Waals surface area contributed by atoms with Crippen molar-refractivity contribution in [3.8, 4) is 0 Å². The molecule has 5 aromatic rings. The molecule has 3 aromatic heterocycles. The van der Waals surface area contributed by atoms with Crippen LogP contribution in [0.1, 0.15) is 21.5 Å². The van der Waals surface area contributed by atoms with Crippen LogP contribution in [-0.2, 0) is 6.42 Å². The van der Waals surface area contributed by atoms with Gasteiger partial charge >= 0.3 is 0 Å². The number of nitrogens with zero attached hydrogens (tertiary/aromatic N) is 3. The highest BCUT2D eigenvalue weighted by Gasteiger charge is 2.23. The van der Waals surface area contributed by atoms with Crippen molar-refractivity contribution in [3.63, 3.8) is 0 Å². The van der Waals surface area contributed by atoms with E-state index in [1.165, 1.54) is 15.0 Å². The maximum Gasteiger partial charge on any atom is 0.104 e. The molecule has 3 heterocycles. The van der Waals surface area contributed by atoms with Gasteiger partial charge in [-0.1, -0.05) is 24.3 Å². The molecule has 26 heavy (non-hydrogen) atoms. The first-order chi connectivity index (χ1) is 12.9. The zero-order chi connectivity index (χ0) is 17.3. The van der Waals surface area contributed by atoms with E-state index >= 15 is 0 Å². The molecule has 0 atom stereocenters. The Morgan fingerprint density at radius 1 is 0.692 bits per heavy atom. The SMILES string of the molecule is c1ccc2sc(C(Cc3ccncc3)c3nc4ccccc4s3)nc2c1. The zero-order valence-corrected chi connectivity index (χ0v) is 15.5. The summed E-state index contributed by atoms with van der Waals surface area (Å²) in [4.78, 5) is 14.0. The summed E-state index contributed by atoms with van der Waals surface area (Å²) in [5.41, 5.74) is 3.38. The minimum Gasteiger partial charge on any atom is -0.265 e. The number of thiazole rings is 2. The molecule has 0 amide bonds. The van der Waals surface area contributed by atoms with Gasteiger partial charge in [0.2, 0.25) is 0 Å². The summed E-state index contributed by atoms with van der Waals surface area (Å²) in [6, 6.07) is 20.8. The van der Waals surface area contributed by atoms with Gasteiger partial charge in [-0.15, -0.1) is 22.7 Å². The second kappa shape index (κ2) is 6.59. The molecule has 0 spiro atoms. The normalized spacial score (nSPS) is 11.6. The quantitative estimate of drug-likeness (QED) is 0.407. The van der Waals surface area contributed by atoms with Gasteiger partial charge in [-0.25, -0.2) is 9.97 Å². The van der Waals surface area contributed by atoms with Crippen molar-refractivity contribution in [2.45, 2.75) is 12.3 Å². The minimum absolute atomic E-state index is 0.159. The van der Waals surface area contributed by atoms with Crippen molar-refractivity contribution >= 4 is 43.1 Å². The predicted octanol–water partition coefficient (Wildman–Crippen LogP) is 5.68. The summed E-state index contributed by atoms with van der Waals surface area (Å²) < 4.78 is 2.45. The summed E-state index contributed by atoms with van der Waals surface area (Å²) in [6.45, 7) is 0. The lowest BCUT2D eigenvalue weighted by molar-refractivity contribution is 0.791. The molecule has 0 bridgehead atoms. The Morgan fingerprint density at radius 2 is 1.23 bits per heavy atom. The fraction of sp³-hybridized carbons (Fsp3) is 0.0952. The third kappa shape index (κ3) is 2.89. The first-order valence-corrected chi connectivity index (χ1v) is 10.1. The standard InChI is InChI=1S/C21H15N3S2/c1-3-7-18-16(5-1)23-20(25-18)15(13-14-9-11-22-12-10-14)21-24-17-6-2-4-8-19(17)26-21/h1-12,15H,13H2. The van der Waals surface area contributed by atoms with E-state index in [0.717, 1.165) is 27.5 Å². The molecule has 3 nitrogen and oxygen atoms in total. The van der Waals surface area contributed by atoms with E-state index in [1.807, 2.05) is 24.5 Å². The number of hydrogen-bond donors (Lipinski definition) is 0. The smallest absolute Gasteiger partial charge is 0.104 e. The summed E-state index contributed by atoms with van der Waals surface area (Å²) >= 11 is 3.54. The van der Waals surface area contributed by atoms with E-state index in [9.17, 15) is 0 Å². The highest BCUT2D eigenvalue weighted by molar-refractivity contribution is 7.20. The molecule has 0 aliphatic rings. The van der Waals surface area contributed by atoms with Crippen LogP contribution in [0.15, 0.2) is 73.1 Å². The number of hydrogen-bond acceptors (Lipinski definition) is 5. The molecular formula is C21H15N3S2. The maximum atomic E-state index is 4.93. The molecule has 2 aromatic carbocycles. The van der Waals surface area contributed by atoms with Gasteiger partial charge in [0.15, 0.2) is 0 Å². The molecule has 0 N–H and O–H groups in total. The molecule has 0 saturated carbocycles. The van der Waals surface area contributed by atoms with Gasteiger partial charge in [-0.2, -0.15) is 0 Å². The Hall–Kier alpha value is -2.63. The van der Waals surface area contributed by atoms with Crippen LogP contribution in [-0.4, -0.2) is 15.0 Å². The van der Waals surface area contributed by atoms with Crippen molar-refractivity contribution in [2.24, 2.45) is 0 Å².